The standard InChI is InChI=1S/C12H16N2O2/c15-11-5-9-10(6-12(11)16)14-4-2-1-3-8(14)7-13-9/h5-6,8,13,15-16H,1-4,7H2. The van der Waals surface area contributed by atoms with Crippen LogP contribution in [0.15, 0.2) is 12.1 Å². The third-order valence-corrected chi connectivity index (χ3v) is 3.56. The summed E-state index contributed by atoms with van der Waals surface area (Å²) in [5, 5.41) is 22.3. The van der Waals surface area contributed by atoms with Gasteiger partial charge in [-0.15, -0.1) is 0 Å². The van der Waals surface area contributed by atoms with Crippen molar-refractivity contribution >= 4 is 11.4 Å². The molecule has 1 fully saturated rings. The molecule has 2 heterocycles. The molecule has 3 N–H and O–H groups in total. The molecule has 86 valence electrons. The van der Waals surface area contributed by atoms with Gasteiger partial charge in [0.15, 0.2) is 11.5 Å². The van der Waals surface area contributed by atoms with Crippen LogP contribution >= 0.6 is 0 Å². The van der Waals surface area contributed by atoms with Crippen LogP contribution in [0, 0.1) is 0 Å². The normalized spacial score (nSPS) is 23.2. The molecule has 4 heteroatoms. The summed E-state index contributed by atoms with van der Waals surface area (Å²) >= 11 is 0. The van der Waals surface area contributed by atoms with Gasteiger partial charge in [-0.3, -0.25) is 0 Å². The molecular weight excluding hydrogens is 204 g/mol. The van der Waals surface area contributed by atoms with Gasteiger partial charge in [0.1, 0.15) is 0 Å². The van der Waals surface area contributed by atoms with Gasteiger partial charge >= 0.3 is 0 Å². The summed E-state index contributed by atoms with van der Waals surface area (Å²) in [7, 11) is 0. The largest absolute Gasteiger partial charge is 0.504 e. The Morgan fingerprint density at radius 3 is 2.88 bits per heavy atom. The van der Waals surface area contributed by atoms with Crippen molar-refractivity contribution in [3.8, 4) is 11.5 Å². The predicted octanol–water partition coefficient (Wildman–Crippen LogP) is 1.88. The summed E-state index contributed by atoms with van der Waals surface area (Å²) < 4.78 is 0. The van der Waals surface area contributed by atoms with E-state index < -0.39 is 0 Å². The molecule has 0 aliphatic carbocycles. The quantitative estimate of drug-likeness (QED) is 0.461. The van der Waals surface area contributed by atoms with Gasteiger partial charge in [0.25, 0.3) is 0 Å². The van der Waals surface area contributed by atoms with E-state index >= 15 is 0 Å². The van der Waals surface area contributed by atoms with Crippen molar-refractivity contribution in [2.75, 3.05) is 23.3 Å². The Kier molecular flexibility index (Phi) is 2.09. The second-order valence-electron chi connectivity index (χ2n) is 4.58. The minimum absolute atomic E-state index is 0.0354. The van der Waals surface area contributed by atoms with Crippen LogP contribution < -0.4 is 10.2 Å². The molecule has 2 aliphatic rings. The fourth-order valence-electron chi connectivity index (χ4n) is 2.70. The number of nitrogens with zero attached hydrogens (tertiary/aromatic N) is 1. The maximum atomic E-state index is 9.56. The van der Waals surface area contributed by atoms with E-state index in [4.69, 9.17) is 0 Å². The number of fused-ring (bicyclic) bond motifs is 3. The molecule has 1 unspecified atom stereocenters. The Bertz CT molecular complexity index is 420. The number of benzene rings is 1. The summed E-state index contributed by atoms with van der Waals surface area (Å²) in [6.45, 7) is 1.97. The first-order valence-corrected chi connectivity index (χ1v) is 5.82. The molecular formula is C12H16N2O2. The average molecular weight is 220 g/mol. The monoisotopic (exact) mass is 220 g/mol. The van der Waals surface area contributed by atoms with E-state index in [9.17, 15) is 10.2 Å². The molecule has 4 nitrogen and oxygen atoms in total. The zero-order valence-electron chi connectivity index (χ0n) is 9.11. The highest BCUT2D eigenvalue weighted by Gasteiger charge is 2.29. The van der Waals surface area contributed by atoms with Crippen LogP contribution in [0.25, 0.3) is 0 Å². The van der Waals surface area contributed by atoms with Crippen molar-refractivity contribution in [3.05, 3.63) is 12.1 Å². The van der Waals surface area contributed by atoms with Crippen LogP contribution in [0.1, 0.15) is 19.3 Å². The van der Waals surface area contributed by atoms with E-state index in [1.54, 1.807) is 12.1 Å². The lowest BCUT2D eigenvalue weighted by Crippen LogP contribution is -2.46. The van der Waals surface area contributed by atoms with E-state index in [1.165, 1.54) is 19.3 Å². The highest BCUT2D eigenvalue weighted by atomic mass is 16.3. The highest BCUT2D eigenvalue weighted by molar-refractivity contribution is 5.77. The lowest BCUT2D eigenvalue weighted by molar-refractivity contribution is 0.402. The minimum atomic E-state index is -0.0540. The SMILES string of the molecule is Oc1cc2c(cc1O)N1CCCCC1CN2. The summed E-state index contributed by atoms with van der Waals surface area (Å²) in [6, 6.07) is 3.80. The first kappa shape index (κ1) is 9.63. The third-order valence-electron chi connectivity index (χ3n) is 3.56. The number of anilines is 2. The fraction of sp³-hybridized carbons (Fsp3) is 0.500. The molecule has 3 rings (SSSR count). The number of phenols is 2. The Morgan fingerprint density at radius 1 is 1.19 bits per heavy atom. The van der Waals surface area contributed by atoms with E-state index in [2.05, 4.69) is 10.2 Å². The third kappa shape index (κ3) is 1.37. The highest BCUT2D eigenvalue weighted by Crippen LogP contribution is 2.41. The van der Waals surface area contributed by atoms with E-state index in [0.29, 0.717) is 6.04 Å². The van der Waals surface area contributed by atoms with Crippen molar-refractivity contribution in [2.45, 2.75) is 25.3 Å². The van der Waals surface area contributed by atoms with Gasteiger partial charge in [0.2, 0.25) is 0 Å². The van der Waals surface area contributed by atoms with E-state index in [0.717, 1.165) is 24.5 Å². The van der Waals surface area contributed by atoms with Crippen LogP contribution in [-0.2, 0) is 0 Å². The topological polar surface area (TPSA) is 55.7 Å². The van der Waals surface area contributed by atoms with Gasteiger partial charge in [-0.2, -0.15) is 0 Å². The minimum Gasteiger partial charge on any atom is -0.504 e. The molecule has 1 aromatic rings. The number of hydrogen-bond acceptors (Lipinski definition) is 4. The number of phenolic OH excluding ortho intramolecular Hbond substituents is 2. The summed E-state index contributed by atoms with van der Waals surface area (Å²) in [4.78, 5) is 2.34. The first-order valence-electron chi connectivity index (χ1n) is 5.82. The van der Waals surface area contributed by atoms with Crippen LogP contribution in [0.3, 0.4) is 0 Å². The van der Waals surface area contributed by atoms with Gasteiger partial charge in [-0.05, 0) is 19.3 Å². The lowest BCUT2D eigenvalue weighted by atomic mass is 9.98. The van der Waals surface area contributed by atoms with Crippen LogP contribution in [0.4, 0.5) is 11.4 Å². The molecule has 0 aromatic heterocycles. The molecule has 0 radical (unpaired) electrons. The molecule has 16 heavy (non-hydrogen) atoms. The molecule has 0 bridgehead atoms. The second kappa shape index (κ2) is 3.47. The lowest BCUT2D eigenvalue weighted by Gasteiger charge is -2.42. The summed E-state index contributed by atoms with van der Waals surface area (Å²) in [6.07, 6.45) is 3.69. The van der Waals surface area contributed by atoms with Crippen molar-refractivity contribution in [2.24, 2.45) is 0 Å². The Labute approximate surface area is 94.5 Å². The number of piperidine rings is 1. The molecule has 0 saturated carbocycles. The van der Waals surface area contributed by atoms with Crippen molar-refractivity contribution in [3.63, 3.8) is 0 Å². The molecule has 0 amide bonds. The van der Waals surface area contributed by atoms with Gasteiger partial charge < -0.3 is 20.4 Å². The zero-order chi connectivity index (χ0) is 11.1. The summed E-state index contributed by atoms with van der Waals surface area (Å²) in [5.41, 5.74) is 1.94. The molecule has 2 aliphatic heterocycles. The number of rotatable bonds is 0. The van der Waals surface area contributed by atoms with Gasteiger partial charge in [-0.25, -0.2) is 0 Å². The average Bonchev–Trinajstić information content (AvgIpc) is 2.31. The Hall–Kier alpha value is -1.58. The number of nitrogens with one attached hydrogen (secondary N) is 1. The van der Waals surface area contributed by atoms with Crippen molar-refractivity contribution < 1.29 is 10.2 Å². The number of hydrogen-bond donors (Lipinski definition) is 3. The first-order chi connectivity index (χ1) is 7.75. The van der Waals surface area contributed by atoms with Crippen LogP contribution in [0.5, 0.6) is 11.5 Å². The maximum Gasteiger partial charge on any atom is 0.159 e. The van der Waals surface area contributed by atoms with Crippen LogP contribution in [0.2, 0.25) is 0 Å². The van der Waals surface area contributed by atoms with Gasteiger partial charge in [-0.1, -0.05) is 0 Å². The zero-order valence-corrected chi connectivity index (χ0v) is 9.11. The fourth-order valence-corrected chi connectivity index (χ4v) is 2.70. The Morgan fingerprint density at radius 2 is 2.00 bits per heavy atom. The number of aromatic hydroxyl groups is 2. The second-order valence-corrected chi connectivity index (χ2v) is 4.58. The molecule has 1 saturated heterocycles. The Balaban J connectivity index is 2.04. The van der Waals surface area contributed by atoms with E-state index in [1.807, 2.05) is 0 Å². The van der Waals surface area contributed by atoms with Gasteiger partial charge in [0.05, 0.1) is 11.4 Å². The maximum absolute atomic E-state index is 9.56. The van der Waals surface area contributed by atoms with Crippen molar-refractivity contribution in [1.29, 1.82) is 0 Å². The van der Waals surface area contributed by atoms with Gasteiger partial charge in [0, 0.05) is 31.3 Å². The smallest absolute Gasteiger partial charge is 0.159 e. The predicted molar refractivity (Wildman–Crippen MR) is 63.2 cm³/mol. The molecule has 0 spiro atoms. The molecule has 1 atom stereocenters. The van der Waals surface area contributed by atoms with Crippen LogP contribution in [-0.4, -0.2) is 29.3 Å². The van der Waals surface area contributed by atoms with E-state index in [-0.39, 0.29) is 11.5 Å². The van der Waals surface area contributed by atoms with Crippen molar-refractivity contribution in [1.82, 2.24) is 0 Å². The molecule has 1 aromatic carbocycles. The summed E-state index contributed by atoms with van der Waals surface area (Å²) in [5.74, 6) is -0.0894.